The Morgan fingerprint density at radius 3 is 2.24 bits per heavy atom. The van der Waals surface area contributed by atoms with Crippen LogP contribution in [0.5, 0.6) is 0 Å². The molecule has 0 spiro atoms. The fourth-order valence-electron chi connectivity index (χ4n) is 5.64. The minimum Gasteiger partial charge on any atom is -0.384 e. The summed E-state index contributed by atoms with van der Waals surface area (Å²) in [6.45, 7) is 2.82. The van der Waals surface area contributed by atoms with Gasteiger partial charge in [-0.15, -0.1) is 0 Å². The molecule has 9 nitrogen and oxygen atoms in total. The number of likely N-dealkylation sites (tertiary alicyclic amines) is 1. The molecule has 224 valence electrons. The van der Waals surface area contributed by atoms with E-state index in [0.717, 1.165) is 50.9 Å². The first-order chi connectivity index (χ1) is 19.5. The quantitative estimate of drug-likeness (QED) is 0.509. The van der Waals surface area contributed by atoms with Crippen molar-refractivity contribution in [1.29, 1.82) is 0 Å². The second-order valence-corrected chi connectivity index (χ2v) is 11.1. The highest BCUT2D eigenvalue weighted by Crippen LogP contribution is 2.35. The van der Waals surface area contributed by atoms with Gasteiger partial charge in [-0.3, -0.25) is 14.6 Å². The van der Waals surface area contributed by atoms with Crippen molar-refractivity contribution in [2.75, 3.05) is 38.1 Å². The Bertz CT molecular complexity index is 1170. The van der Waals surface area contributed by atoms with E-state index in [-0.39, 0.29) is 23.8 Å². The Kier molecular flexibility index (Phi) is 9.85. The van der Waals surface area contributed by atoms with Crippen molar-refractivity contribution < 1.29 is 27.9 Å². The first kappa shape index (κ1) is 30.7. The molecule has 2 saturated heterocycles. The van der Waals surface area contributed by atoms with Crippen LogP contribution in [0, 0.1) is 5.92 Å². The number of carbonyl (C=O) groups excluding carboxylic acids is 2. The third-order valence-corrected chi connectivity index (χ3v) is 8.25. The summed E-state index contributed by atoms with van der Waals surface area (Å²) in [6, 6.07) is 5.65. The Hall–Kier alpha value is -3.25. The highest BCUT2D eigenvalue weighted by molar-refractivity contribution is 5.93. The number of halogens is 3. The third kappa shape index (κ3) is 7.73. The molecule has 2 amide bonds. The van der Waals surface area contributed by atoms with E-state index in [0.29, 0.717) is 55.8 Å². The van der Waals surface area contributed by atoms with E-state index in [1.54, 1.807) is 19.2 Å². The average Bonchev–Trinajstić information content (AvgIpc) is 3.53. The van der Waals surface area contributed by atoms with Crippen molar-refractivity contribution in [2.24, 2.45) is 11.7 Å². The van der Waals surface area contributed by atoms with Gasteiger partial charge in [-0.05, 0) is 75.6 Å². The van der Waals surface area contributed by atoms with Gasteiger partial charge >= 0.3 is 6.18 Å². The molecule has 12 heteroatoms. The highest BCUT2D eigenvalue weighted by Gasteiger charge is 2.35. The minimum absolute atomic E-state index is 0.00449. The van der Waals surface area contributed by atoms with Crippen LogP contribution in [-0.2, 0) is 16.6 Å². The number of aromatic nitrogens is 2. The lowest BCUT2D eigenvalue weighted by Gasteiger charge is -2.34. The summed E-state index contributed by atoms with van der Waals surface area (Å²) in [5, 5.41) is 13.1. The third-order valence-electron chi connectivity index (χ3n) is 8.25. The summed E-state index contributed by atoms with van der Waals surface area (Å²) < 4.78 is 38.3. The number of alkyl halides is 3. The number of piperidine rings is 1. The molecule has 41 heavy (non-hydrogen) atoms. The number of hydrogen-bond acceptors (Lipinski definition) is 7. The van der Waals surface area contributed by atoms with Gasteiger partial charge in [0.1, 0.15) is 11.4 Å². The maximum Gasteiger partial charge on any atom is 0.416 e. The molecule has 3 fully saturated rings. The first-order valence-corrected chi connectivity index (χ1v) is 14.2. The van der Waals surface area contributed by atoms with Crippen LogP contribution in [0.25, 0.3) is 0 Å². The summed E-state index contributed by atoms with van der Waals surface area (Å²) in [4.78, 5) is 35.8. The molecule has 3 aliphatic rings. The van der Waals surface area contributed by atoms with Crippen LogP contribution in [0.2, 0.25) is 0 Å². The second-order valence-electron chi connectivity index (χ2n) is 11.1. The van der Waals surface area contributed by atoms with E-state index in [1.165, 1.54) is 12.4 Å². The maximum absolute atomic E-state index is 12.8. The second kappa shape index (κ2) is 13.2. The Morgan fingerprint density at radius 1 is 1.02 bits per heavy atom. The molecule has 2 aromatic rings. The molecular formula is C29H39F3N6O3. The van der Waals surface area contributed by atoms with E-state index in [4.69, 9.17) is 5.73 Å². The minimum atomic E-state index is -4.36. The van der Waals surface area contributed by atoms with Crippen molar-refractivity contribution in [3.8, 4) is 0 Å². The number of rotatable bonds is 4. The lowest BCUT2D eigenvalue weighted by atomic mass is 9.80. The molecule has 2 aromatic heterocycles. The zero-order valence-electron chi connectivity index (χ0n) is 23.4. The zero-order chi connectivity index (χ0) is 29.6. The van der Waals surface area contributed by atoms with Gasteiger partial charge in [-0.2, -0.15) is 13.2 Å². The zero-order valence-corrected chi connectivity index (χ0v) is 23.4. The predicted molar refractivity (Wildman–Crippen MR) is 148 cm³/mol. The molecular weight excluding hydrogens is 537 g/mol. The van der Waals surface area contributed by atoms with Crippen LogP contribution in [0.15, 0.2) is 36.7 Å². The van der Waals surface area contributed by atoms with Crippen LogP contribution < -0.4 is 16.0 Å². The van der Waals surface area contributed by atoms with Crippen molar-refractivity contribution in [2.45, 2.75) is 69.2 Å². The molecule has 4 heterocycles. The molecule has 1 aliphatic carbocycles. The number of hydrogen-bond donors (Lipinski definition) is 3. The van der Waals surface area contributed by atoms with E-state index >= 15 is 0 Å². The smallest absolute Gasteiger partial charge is 0.384 e. The fraction of sp³-hybridized carbons (Fsp3) is 0.586. The molecule has 0 radical (unpaired) electrons. The van der Waals surface area contributed by atoms with Gasteiger partial charge in [0, 0.05) is 57.6 Å². The van der Waals surface area contributed by atoms with Crippen LogP contribution in [-0.4, -0.2) is 71.1 Å². The molecule has 2 aliphatic heterocycles. The summed E-state index contributed by atoms with van der Waals surface area (Å²) >= 11 is 0. The fourth-order valence-corrected chi connectivity index (χ4v) is 5.64. The number of nitrogens with one attached hydrogen (secondary N) is 1. The molecule has 0 bridgehead atoms. The maximum atomic E-state index is 12.8. The van der Waals surface area contributed by atoms with Crippen molar-refractivity contribution in [3.63, 3.8) is 0 Å². The summed E-state index contributed by atoms with van der Waals surface area (Å²) in [6.07, 6.45) is 4.67. The molecule has 1 saturated carbocycles. The van der Waals surface area contributed by atoms with Crippen LogP contribution in [0.3, 0.4) is 0 Å². The number of nitrogens with zero attached hydrogens (tertiary/aromatic N) is 4. The van der Waals surface area contributed by atoms with Gasteiger partial charge in [-0.25, -0.2) is 4.98 Å². The lowest BCUT2D eigenvalue weighted by molar-refractivity contribution is -0.137. The average molecular weight is 577 g/mol. The Balaban J connectivity index is 0.000000195. The molecule has 5 rings (SSSR count). The van der Waals surface area contributed by atoms with E-state index in [2.05, 4.69) is 15.3 Å². The number of amides is 2. The van der Waals surface area contributed by atoms with Crippen LogP contribution in [0.4, 0.5) is 19.0 Å². The summed E-state index contributed by atoms with van der Waals surface area (Å²) in [5.74, 6) is 0.368. The van der Waals surface area contributed by atoms with Gasteiger partial charge in [0.15, 0.2) is 0 Å². The highest BCUT2D eigenvalue weighted by atomic mass is 19.4. The summed E-state index contributed by atoms with van der Waals surface area (Å²) in [7, 11) is 1.58. The standard InChI is InChI=1S/C16H20F3N3O.C13H19N3O2/c17-16(18,19)13-3-6-20-14(11-13)21-9-4-12(5-10-21)15(23)22-7-1-2-8-22;1-15-12(17)9-2-3-11(16-8-9)13(18)6-4-10(14)5-7-13/h3,6,11-12H,1-2,4-5,7-10H2;2-3,8,10,18H,4-7,14H2,1H3,(H,15,17). The van der Waals surface area contributed by atoms with Crippen LogP contribution in [0.1, 0.15) is 73.0 Å². The van der Waals surface area contributed by atoms with Crippen molar-refractivity contribution in [3.05, 3.63) is 53.5 Å². The Morgan fingerprint density at radius 2 is 1.68 bits per heavy atom. The van der Waals surface area contributed by atoms with E-state index in [1.807, 2.05) is 9.80 Å². The molecule has 4 N–H and O–H groups in total. The SMILES string of the molecule is CNC(=O)c1ccc(C2(O)CCC(N)CC2)nc1.O=C(C1CCN(c2cc(C(F)(F)F)ccn2)CC1)N1CCCC1. The van der Waals surface area contributed by atoms with E-state index in [9.17, 15) is 27.9 Å². The van der Waals surface area contributed by atoms with Gasteiger partial charge in [0.25, 0.3) is 5.91 Å². The largest absolute Gasteiger partial charge is 0.416 e. The monoisotopic (exact) mass is 576 g/mol. The number of nitrogens with two attached hydrogens (primary N) is 1. The van der Waals surface area contributed by atoms with E-state index < -0.39 is 17.3 Å². The van der Waals surface area contributed by atoms with Gasteiger partial charge < -0.3 is 26.0 Å². The normalized spacial score (nSPS) is 23.5. The number of anilines is 1. The van der Waals surface area contributed by atoms with Crippen LogP contribution >= 0.6 is 0 Å². The molecule has 0 unspecified atom stereocenters. The summed E-state index contributed by atoms with van der Waals surface area (Å²) in [5.41, 5.74) is 5.38. The number of carbonyl (C=O) groups is 2. The van der Waals surface area contributed by atoms with Crippen molar-refractivity contribution in [1.82, 2.24) is 20.2 Å². The number of aliphatic hydroxyl groups is 1. The molecule has 0 aromatic carbocycles. The van der Waals surface area contributed by atoms with Gasteiger partial charge in [0.05, 0.1) is 16.8 Å². The Labute approximate surface area is 238 Å². The topological polar surface area (TPSA) is 125 Å². The lowest BCUT2D eigenvalue weighted by Crippen LogP contribution is -2.42. The van der Waals surface area contributed by atoms with Crippen molar-refractivity contribution >= 4 is 17.6 Å². The van der Waals surface area contributed by atoms with Gasteiger partial charge in [-0.1, -0.05) is 0 Å². The first-order valence-electron chi connectivity index (χ1n) is 14.2. The number of pyridine rings is 2. The molecule has 0 atom stereocenters. The predicted octanol–water partition coefficient (Wildman–Crippen LogP) is 3.47. The van der Waals surface area contributed by atoms with Gasteiger partial charge in [0.2, 0.25) is 5.91 Å².